The largest absolute Gasteiger partial charge is 0.396 e. The highest BCUT2D eigenvalue weighted by Gasteiger charge is 2.26. The minimum Gasteiger partial charge on any atom is -0.396 e. The number of carbonyl (C=O) groups is 1. The first-order valence-electron chi connectivity index (χ1n) is 9.36. The van der Waals surface area contributed by atoms with Crippen LogP contribution in [-0.4, -0.2) is 40.3 Å². The number of urea groups is 1. The van der Waals surface area contributed by atoms with E-state index >= 15 is 0 Å². The van der Waals surface area contributed by atoms with E-state index in [-0.39, 0.29) is 18.7 Å². The molecule has 0 aliphatic heterocycles. The van der Waals surface area contributed by atoms with Crippen LogP contribution in [0.25, 0.3) is 10.9 Å². The zero-order valence-electron chi connectivity index (χ0n) is 15.2. The molecule has 0 bridgehead atoms. The van der Waals surface area contributed by atoms with E-state index in [1.807, 2.05) is 24.1 Å². The van der Waals surface area contributed by atoms with Gasteiger partial charge in [0.25, 0.3) is 0 Å². The van der Waals surface area contributed by atoms with E-state index < -0.39 is 0 Å². The van der Waals surface area contributed by atoms with Crippen LogP contribution in [0.15, 0.2) is 30.5 Å². The highest BCUT2D eigenvalue weighted by molar-refractivity contribution is 5.93. The van der Waals surface area contributed by atoms with Gasteiger partial charge in [0.2, 0.25) is 0 Å². The van der Waals surface area contributed by atoms with Gasteiger partial charge in [0, 0.05) is 49.0 Å². The third-order valence-electron chi connectivity index (χ3n) is 5.43. The third-order valence-corrected chi connectivity index (χ3v) is 5.43. The van der Waals surface area contributed by atoms with Crippen LogP contribution in [0.1, 0.15) is 39.0 Å². The van der Waals surface area contributed by atoms with Crippen LogP contribution in [0.5, 0.6) is 0 Å². The predicted molar refractivity (Wildman–Crippen MR) is 102 cm³/mol. The van der Waals surface area contributed by atoms with Gasteiger partial charge in [-0.3, -0.25) is 0 Å². The van der Waals surface area contributed by atoms with Crippen molar-refractivity contribution < 1.29 is 9.90 Å². The average Bonchev–Trinajstić information content (AvgIpc) is 3.03. The van der Waals surface area contributed by atoms with Gasteiger partial charge < -0.3 is 19.9 Å². The Kier molecular flexibility index (Phi) is 5.63. The maximum atomic E-state index is 12.6. The average molecular weight is 343 g/mol. The summed E-state index contributed by atoms with van der Waals surface area (Å²) in [7, 11) is 1.87. The zero-order chi connectivity index (χ0) is 17.8. The van der Waals surface area contributed by atoms with Gasteiger partial charge in [0.15, 0.2) is 0 Å². The van der Waals surface area contributed by atoms with E-state index in [4.69, 9.17) is 0 Å². The third kappa shape index (κ3) is 3.98. The fraction of sp³-hybridized carbons (Fsp3) is 0.550. The summed E-state index contributed by atoms with van der Waals surface area (Å²) in [6, 6.07) is 8.39. The molecule has 2 N–H and O–H groups in total. The van der Waals surface area contributed by atoms with Crippen LogP contribution in [0.2, 0.25) is 0 Å². The molecule has 136 valence electrons. The molecule has 25 heavy (non-hydrogen) atoms. The van der Waals surface area contributed by atoms with Crippen LogP contribution in [-0.2, 0) is 6.54 Å². The predicted octanol–water partition coefficient (Wildman–Crippen LogP) is 4.07. The van der Waals surface area contributed by atoms with Crippen molar-refractivity contribution in [3.8, 4) is 0 Å². The summed E-state index contributed by atoms with van der Waals surface area (Å²) >= 11 is 0. The number of nitrogens with one attached hydrogen (secondary N) is 1. The minimum absolute atomic E-state index is 0.0558. The van der Waals surface area contributed by atoms with Crippen molar-refractivity contribution >= 4 is 22.6 Å². The lowest BCUT2D eigenvalue weighted by Crippen LogP contribution is -2.42. The summed E-state index contributed by atoms with van der Waals surface area (Å²) < 4.78 is 2.24. The Morgan fingerprint density at radius 3 is 2.72 bits per heavy atom. The van der Waals surface area contributed by atoms with Crippen molar-refractivity contribution in [2.45, 2.75) is 51.6 Å². The summed E-state index contributed by atoms with van der Waals surface area (Å²) in [6.45, 7) is 3.44. The number of aliphatic hydroxyl groups is 1. The lowest BCUT2D eigenvalue weighted by atomic mass is 9.86. The molecule has 2 amide bonds. The molecule has 0 radical (unpaired) electrons. The van der Waals surface area contributed by atoms with Crippen LogP contribution in [0, 0.1) is 5.92 Å². The molecule has 5 heteroatoms. The zero-order valence-corrected chi connectivity index (χ0v) is 15.2. The molecule has 1 aromatic carbocycles. The Balaban J connectivity index is 1.63. The van der Waals surface area contributed by atoms with Crippen molar-refractivity contribution in [3.05, 3.63) is 30.5 Å². The van der Waals surface area contributed by atoms with Crippen molar-refractivity contribution in [1.82, 2.24) is 9.47 Å². The SMILES string of the molecule is CCCn1ccc2cc(NC(=O)N(C)C3CCC(CO)CC3)ccc21. The summed E-state index contributed by atoms with van der Waals surface area (Å²) in [6.07, 6.45) is 7.13. The number of rotatable bonds is 5. The minimum atomic E-state index is -0.0558. The van der Waals surface area contributed by atoms with E-state index in [9.17, 15) is 9.90 Å². The van der Waals surface area contributed by atoms with Crippen molar-refractivity contribution in [2.24, 2.45) is 5.92 Å². The molecule has 3 rings (SSSR count). The maximum absolute atomic E-state index is 12.6. The summed E-state index contributed by atoms with van der Waals surface area (Å²) in [5.41, 5.74) is 2.04. The number of aromatic nitrogens is 1. The Hall–Kier alpha value is -2.01. The molecule has 1 aliphatic carbocycles. The van der Waals surface area contributed by atoms with E-state index in [2.05, 4.69) is 35.1 Å². The lowest BCUT2D eigenvalue weighted by Gasteiger charge is -2.34. The number of aliphatic hydroxyl groups excluding tert-OH is 1. The fourth-order valence-corrected chi connectivity index (χ4v) is 3.81. The first-order valence-corrected chi connectivity index (χ1v) is 9.36. The molecular weight excluding hydrogens is 314 g/mol. The van der Waals surface area contributed by atoms with Gasteiger partial charge in [-0.05, 0) is 62.3 Å². The first-order chi connectivity index (χ1) is 12.1. The lowest BCUT2D eigenvalue weighted by molar-refractivity contribution is 0.139. The molecule has 1 heterocycles. The number of benzene rings is 1. The highest BCUT2D eigenvalue weighted by atomic mass is 16.3. The Morgan fingerprint density at radius 2 is 2.04 bits per heavy atom. The number of aryl methyl sites for hydroxylation is 1. The molecule has 0 spiro atoms. The fourth-order valence-electron chi connectivity index (χ4n) is 3.81. The summed E-state index contributed by atoms with van der Waals surface area (Å²) in [4.78, 5) is 14.4. The summed E-state index contributed by atoms with van der Waals surface area (Å²) in [5, 5.41) is 13.4. The van der Waals surface area contributed by atoms with E-state index in [0.29, 0.717) is 5.92 Å². The van der Waals surface area contributed by atoms with E-state index in [1.54, 1.807) is 0 Å². The van der Waals surface area contributed by atoms with Crippen LogP contribution in [0.3, 0.4) is 0 Å². The standard InChI is InChI=1S/C20H29N3O2/c1-3-11-23-12-10-16-13-17(6-9-19(16)23)21-20(25)22(2)18-7-4-15(14-24)5-8-18/h6,9-10,12-13,15,18,24H,3-5,7-8,11,14H2,1-2H3,(H,21,25). The molecule has 1 saturated carbocycles. The number of hydrogen-bond acceptors (Lipinski definition) is 2. The van der Waals surface area contributed by atoms with Gasteiger partial charge >= 0.3 is 6.03 Å². The first kappa shape index (κ1) is 17.8. The number of amides is 2. The second kappa shape index (κ2) is 7.91. The smallest absolute Gasteiger partial charge is 0.321 e. The Labute approximate surface area is 149 Å². The molecule has 0 atom stereocenters. The normalized spacial score (nSPS) is 20.6. The van der Waals surface area contributed by atoms with Crippen LogP contribution < -0.4 is 5.32 Å². The molecule has 0 saturated heterocycles. The highest BCUT2D eigenvalue weighted by Crippen LogP contribution is 2.27. The van der Waals surface area contributed by atoms with E-state index in [1.165, 1.54) is 5.52 Å². The Bertz CT molecular complexity index is 717. The van der Waals surface area contributed by atoms with Crippen molar-refractivity contribution in [1.29, 1.82) is 0 Å². The van der Waals surface area contributed by atoms with Gasteiger partial charge in [-0.15, -0.1) is 0 Å². The number of hydrogen-bond donors (Lipinski definition) is 2. The van der Waals surface area contributed by atoms with Gasteiger partial charge in [-0.2, -0.15) is 0 Å². The molecule has 1 fully saturated rings. The molecule has 1 aliphatic rings. The second-order valence-electron chi connectivity index (χ2n) is 7.18. The Morgan fingerprint density at radius 1 is 1.28 bits per heavy atom. The van der Waals surface area contributed by atoms with Crippen LogP contribution in [0.4, 0.5) is 10.5 Å². The van der Waals surface area contributed by atoms with Gasteiger partial charge in [-0.25, -0.2) is 4.79 Å². The number of nitrogens with zero attached hydrogens (tertiary/aromatic N) is 2. The van der Waals surface area contributed by atoms with Gasteiger partial charge in [-0.1, -0.05) is 6.92 Å². The van der Waals surface area contributed by atoms with Gasteiger partial charge in [0.1, 0.15) is 0 Å². The van der Waals surface area contributed by atoms with Gasteiger partial charge in [0.05, 0.1) is 0 Å². The molecule has 2 aromatic rings. The monoisotopic (exact) mass is 343 g/mol. The molecule has 1 aromatic heterocycles. The number of fused-ring (bicyclic) bond motifs is 1. The number of carbonyl (C=O) groups excluding carboxylic acids is 1. The molecule has 0 unspecified atom stereocenters. The summed E-state index contributed by atoms with van der Waals surface area (Å²) in [5.74, 6) is 0.405. The molecular formula is C20H29N3O2. The molecule has 5 nitrogen and oxygen atoms in total. The topological polar surface area (TPSA) is 57.5 Å². The maximum Gasteiger partial charge on any atom is 0.321 e. The van der Waals surface area contributed by atoms with Crippen LogP contribution >= 0.6 is 0 Å². The quantitative estimate of drug-likeness (QED) is 0.860. The van der Waals surface area contributed by atoms with Crippen molar-refractivity contribution in [2.75, 3.05) is 19.0 Å². The second-order valence-corrected chi connectivity index (χ2v) is 7.18. The van der Waals surface area contributed by atoms with E-state index in [0.717, 1.165) is 49.7 Å². The number of anilines is 1. The van der Waals surface area contributed by atoms with Crippen molar-refractivity contribution in [3.63, 3.8) is 0 Å².